The molecule has 0 radical (unpaired) electrons. The van der Waals surface area contributed by atoms with Crippen LogP contribution in [0.1, 0.15) is 20.3 Å². The fourth-order valence-electron chi connectivity index (χ4n) is 1.81. The van der Waals surface area contributed by atoms with Crippen molar-refractivity contribution in [2.45, 2.75) is 26.3 Å². The summed E-state index contributed by atoms with van der Waals surface area (Å²) in [5.41, 5.74) is 1.17. The minimum absolute atomic E-state index is 0.187. The van der Waals surface area contributed by atoms with Crippen molar-refractivity contribution in [2.24, 2.45) is 0 Å². The average Bonchev–Trinajstić information content (AvgIpc) is 2.18. The van der Waals surface area contributed by atoms with Crippen LogP contribution in [-0.2, 0) is 9.59 Å². The second-order valence-corrected chi connectivity index (χ2v) is 4.31. The maximum absolute atomic E-state index is 11.5. The maximum atomic E-state index is 11.5. The normalized spacial score (nSPS) is 24.8. The lowest BCUT2D eigenvalue weighted by Crippen LogP contribution is -3.19. The van der Waals surface area contributed by atoms with Crippen molar-refractivity contribution < 1.29 is 19.6 Å². The van der Waals surface area contributed by atoms with E-state index in [9.17, 15) is 14.7 Å². The van der Waals surface area contributed by atoms with Crippen molar-refractivity contribution >= 4 is 11.9 Å². The Morgan fingerprint density at radius 3 is 2.88 bits per heavy atom. The molecule has 0 saturated carbocycles. The molecule has 1 aliphatic heterocycles. The van der Waals surface area contributed by atoms with Crippen LogP contribution in [0, 0.1) is 0 Å². The molecule has 1 aliphatic rings. The van der Waals surface area contributed by atoms with Crippen molar-refractivity contribution in [3.05, 3.63) is 11.6 Å². The molecule has 1 unspecified atom stereocenters. The van der Waals surface area contributed by atoms with E-state index in [1.165, 1.54) is 5.57 Å². The number of allylic oxidation sites excluding steroid dienone is 1. The van der Waals surface area contributed by atoms with Gasteiger partial charge >= 0.3 is 0 Å². The molecule has 2 N–H and O–H groups in total. The van der Waals surface area contributed by atoms with E-state index >= 15 is 0 Å². The zero-order valence-corrected chi connectivity index (χ0v) is 9.71. The summed E-state index contributed by atoms with van der Waals surface area (Å²) in [5.74, 6) is -1.36. The van der Waals surface area contributed by atoms with Gasteiger partial charge in [0.15, 0.2) is 6.04 Å². The number of carboxylic acids is 1. The third kappa shape index (κ3) is 3.66. The Hall–Kier alpha value is -1.36. The van der Waals surface area contributed by atoms with Gasteiger partial charge in [-0.25, -0.2) is 0 Å². The highest BCUT2D eigenvalue weighted by atomic mass is 16.4. The molecule has 1 amide bonds. The smallest absolute Gasteiger partial charge is 0.278 e. The van der Waals surface area contributed by atoms with Crippen LogP contribution in [0.4, 0.5) is 0 Å². The lowest BCUT2D eigenvalue weighted by Gasteiger charge is -2.31. The van der Waals surface area contributed by atoms with Crippen molar-refractivity contribution in [1.82, 2.24) is 5.32 Å². The van der Waals surface area contributed by atoms with Crippen LogP contribution in [0.5, 0.6) is 0 Å². The van der Waals surface area contributed by atoms with Gasteiger partial charge in [-0.05, 0) is 19.9 Å². The number of rotatable bonds is 4. The first kappa shape index (κ1) is 12.7. The summed E-state index contributed by atoms with van der Waals surface area (Å²) in [7, 11) is 0. The number of hydrogen-bond acceptors (Lipinski definition) is 3. The Kier molecular flexibility index (Phi) is 4.49. The number of carboxylic acid groups (broad SMARTS) is 1. The predicted molar refractivity (Wildman–Crippen MR) is 56.5 cm³/mol. The molecule has 0 aromatic rings. The van der Waals surface area contributed by atoms with Crippen LogP contribution in [0.3, 0.4) is 0 Å². The number of aliphatic carboxylic acids is 1. The molecule has 0 aromatic carbocycles. The van der Waals surface area contributed by atoms with Gasteiger partial charge in [0.05, 0.1) is 19.6 Å². The number of nitrogens with one attached hydrogen (secondary N) is 2. The quantitative estimate of drug-likeness (QED) is 0.519. The molecule has 0 spiro atoms. The lowest BCUT2D eigenvalue weighted by atomic mass is 10.1. The minimum atomic E-state index is -1.17. The van der Waals surface area contributed by atoms with Crippen LogP contribution in [0.25, 0.3) is 0 Å². The second kappa shape index (κ2) is 5.65. The van der Waals surface area contributed by atoms with E-state index in [4.69, 9.17) is 0 Å². The van der Waals surface area contributed by atoms with Gasteiger partial charge in [0, 0.05) is 12.4 Å². The zero-order valence-electron chi connectivity index (χ0n) is 9.71. The summed E-state index contributed by atoms with van der Waals surface area (Å²) in [5, 5.41) is 13.3. The zero-order chi connectivity index (χ0) is 12.1. The highest BCUT2D eigenvalue weighted by molar-refractivity contribution is 5.84. The van der Waals surface area contributed by atoms with Gasteiger partial charge in [0.2, 0.25) is 0 Å². The molecule has 90 valence electrons. The summed E-state index contributed by atoms with van der Waals surface area (Å²) in [6.45, 7) is 6.02. The number of carbonyl (C=O) groups excluding carboxylic acids is 2. The molecule has 0 bridgehead atoms. The Labute approximate surface area is 95.1 Å². The van der Waals surface area contributed by atoms with Crippen molar-refractivity contribution in [2.75, 3.05) is 19.6 Å². The Bertz CT molecular complexity index is 308. The monoisotopic (exact) mass is 226 g/mol. The number of amides is 1. The largest absolute Gasteiger partial charge is 0.550 e. The molecular weight excluding hydrogens is 208 g/mol. The molecule has 16 heavy (non-hydrogen) atoms. The highest BCUT2D eigenvalue weighted by Gasteiger charge is 2.32. The first-order valence-corrected chi connectivity index (χ1v) is 5.46. The summed E-state index contributed by atoms with van der Waals surface area (Å²) in [6.07, 6.45) is 1.81. The van der Waals surface area contributed by atoms with E-state index < -0.39 is 12.0 Å². The molecule has 0 aromatic heterocycles. The van der Waals surface area contributed by atoms with Crippen LogP contribution in [0.2, 0.25) is 0 Å². The fraction of sp³-hybridized carbons (Fsp3) is 0.636. The third-order valence-electron chi connectivity index (χ3n) is 2.70. The Balaban J connectivity index is 2.66. The van der Waals surface area contributed by atoms with Gasteiger partial charge < -0.3 is 20.1 Å². The van der Waals surface area contributed by atoms with E-state index in [2.05, 4.69) is 5.32 Å². The standard InChI is InChI=1S/C11H18N2O3/c1-8(2)3-5-13-6-4-12-11(16)9(13)7-10(14)15/h3,9H,4-7H2,1-2H3,(H,12,16)(H,14,15)/t9-/m0/s1. The SMILES string of the molecule is CC(C)=CC[NH+]1CCNC(=O)[C@@H]1CC(=O)[O-]. The molecular formula is C11H18N2O3. The van der Waals surface area contributed by atoms with Crippen molar-refractivity contribution in [1.29, 1.82) is 0 Å². The van der Waals surface area contributed by atoms with E-state index in [1.54, 1.807) is 0 Å². The second-order valence-electron chi connectivity index (χ2n) is 4.31. The van der Waals surface area contributed by atoms with E-state index in [0.29, 0.717) is 13.1 Å². The molecule has 0 aliphatic carbocycles. The van der Waals surface area contributed by atoms with Gasteiger partial charge in [-0.1, -0.05) is 5.57 Å². The lowest BCUT2D eigenvalue weighted by molar-refractivity contribution is -0.911. The van der Waals surface area contributed by atoms with Crippen molar-refractivity contribution in [3.63, 3.8) is 0 Å². The molecule has 2 atom stereocenters. The number of piperazine rings is 1. The molecule has 1 saturated heterocycles. The van der Waals surface area contributed by atoms with E-state index in [1.807, 2.05) is 19.9 Å². The topological polar surface area (TPSA) is 73.7 Å². The Morgan fingerprint density at radius 2 is 2.31 bits per heavy atom. The van der Waals surface area contributed by atoms with Gasteiger partial charge in [-0.2, -0.15) is 0 Å². The summed E-state index contributed by atoms with van der Waals surface area (Å²) in [4.78, 5) is 23.1. The summed E-state index contributed by atoms with van der Waals surface area (Å²) < 4.78 is 0. The summed E-state index contributed by atoms with van der Waals surface area (Å²) in [6, 6.07) is -0.519. The third-order valence-corrected chi connectivity index (χ3v) is 2.70. The number of quaternary nitrogens is 1. The van der Waals surface area contributed by atoms with Gasteiger partial charge in [-0.15, -0.1) is 0 Å². The molecule has 5 nitrogen and oxygen atoms in total. The van der Waals surface area contributed by atoms with E-state index in [0.717, 1.165) is 11.4 Å². The first-order chi connectivity index (χ1) is 7.50. The number of carbonyl (C=O) groups is 2. The predicted octanol–water partition coefficient (Wildman–Crippen LogP) is -2.52. The maximum Gasteiger partial charge on any atom is 0.278 e. The van der Waals surface area contributed by atoms with Crippen LogP contribution < -0.4 is 15.3 Å². The molecule has 1 rings (SSSR count). The Morgan fingerprint density at radius 1 is 1.62 bits per heavy atom. The first-order valence-electron chi connectivity index (χ1n) is 5.46. The fourth-order valence-corrected chi connectivity index (χ4v) is 1.81. The van der Waals surface area contributed by atoms with Gasteiger partial charge in [-0.3, -0.25) is 4.79 Å². The molecule has 1 fully saturated rings. The average molecular weight is 226 g/mol. The van der Waals surface area contributed by atoms with Crippen LogP contribution in [0.15, 0.2) is 11.6 Å². The van der Waals surface area contributed by atoms with Gasteiger partial charge in [0.25, 0.3) is 5.91 Å². The van der Waals surface area contributed by atoms with Crippen LogP contribution >= 0.6 is 0 Å². The van der Waals surface area contributed by atoms with E-state index in [-0.39, 0.29) is 12.3 Å². The molecule has 1 heterocycles. The minimum Gasteiger partial charge on any atom is -0.550 e. The highest BCUT2D eigenvalue weighted by Crippen LogP contribution is 1.91. The summed E-state index contributed by atoms with van der Waals surface area (Å²) >= 11 is 0. The number of hydrogen-bond donors (Lipinski definition) is 2. The van der Waals surface area contributed by atoms with Gasteiger partial charge in [0.1, 0.15) is 0 Å². The van der Waals surface area contributed by atoms with Crippen molar-refractivity contribution in [3.8, 4) is 0 Å². The van der Waals surface area contributed by atoms with Crippen LogP contribution in [-0.4, -0.2) is 37.6 Å². The molecule has 5 heteroatoms.